The van der Waals surface area contributed by atoms with Crippen LogP contribution < -0.4 is 0 Å². The SMILES string of the molecule is COC(C(=O)O)C1(c2ccco2)CC1. The van der Waals surface area contributed by atoms with E-state index in [2.05, 4.69) is 0 Å². The van der Waals surface area contributed by atoms with Crippen molar-refractivity contribution in [3.8, 4) is 0 Å². The highest BCUT2D eigenvalue weighted by atomic mass is 16.5. The third-order valence-corrected chi connectivity index (χ3v) is 2.76. The fraction of sp³-hybridized carbons (Fsp3) is 0.500. The van der Waals surface area contributed by atoms with Crippen molar-refractivity contribution in [1.82, 2.24) is 0 Å². The van der Waals surface area contributed by atoms with Crippen molar-refractivity contribution in [1.29, 1.82) is 0 Å². The second-order valence-electron chi connectivity index (χ2n) is 3.59. The Hall–Kier alpha value is -1.29. The van der Waals surface area contributed by atoms with Crippen LogP contribution in [0, 0.1) is 0 Å². The summed E-state index contributed by atoms with van der Waals surface area (Å²) in [4.78, 5) is 10.9. The van der Waals surface area contributed by atoms with Crippen molar-refractivity contribution in [3.63, 3.8) is 0 Å². The molecule has 1 N–H and O–H groups in total. The Morgan fingerprint density at radius 2 is 2.43 bits per heavy atom. The highest BCUT2D eigenvalue weighted by Crippen LogP contribution is 2.52. The number of furan rings is 1. The van der Waals surface area contributed by atoms with E-state index < -0.39 is 17.5 Å². The number of carboxylic acid groups (broad SMARTS) is 1. The third-order valence-electron chi connectivity index (χ3n) is 2.76. The minimum Gasteiger partial charge on any atom is -0.479 e. The van der Waals surface area contributed by atoms with Crippen molar-refractivity contribution < 1.29 is 19.1 Å². The highest BCUT2D eigenvalue weighted by Gasteiger charge is 2.56. The largest absolute Gasteiger partial charge is 0.479 e. The number of methoxy groups -OCH3 is 1. The number of carbonyl (C=O) groups is 1. The second-order valence-corrected chi connectivity index (χ2v) is 3.59. The molecule has 1 aliphatic carbocycles. The van der Waals surface area contributed by atoms with Crippen LogP contribution in [0.1, 0.15) is 18.6 Å². The average Bonchev–Trinajstić information content (AvgIpc) is 2.76. The van der Waals surface area contributed by atoms with Crippen LogP contribution in [-0.2, 0) is 14.9 Å². The van der Waals surface area contributed by atoms with E-state index in [0.717, 1.165) is 12.8 Å². The molecule has 0 amide bonds. The Bertz CT molecular complexity index is 324. The van der Waals surface area contributed by atoms with Gasteiger partial charge in [0.05, 0.1) is 11.7 Å². The van der Waals surface area contributed by atoms with Crippen molar-refractivity contribution >= 4 is 5.97 Å². The van der Waals surface area contributed by atoms with E-state index in [9.17, 15) is 4.79 Å². The molecule has 76 valence electrons. The number of aliphatic carboxylic acids is 1. The molecule has 0 radical (unpaired) electrons. The summed E-state index contributed by atoms with van der Waals surface area (Å²) < 4.78 is 10.3. The molecule has 4 heteroatoms. The summed E-state index contributed by atoms with van der Waals surface area (Å²) >= 11 is 0. The van der Waals surface area contributed by atoms with E-state index >= 15 is 0 Å². The molecule has 1 saturated carbocycles. The summed E-state index contributed by atoms with van der Waals surface area (Å²) in [6.07, 6.45) is 2.38. The fourth-order valence-corrected chi connectivity index (χ4v) is 1.90. The topological polar surface area (TPSA) is 59.7 Å². The molecule has 1 aliphatic rings. The van der Waals surface area contributed by atoms with Crippen LogP contribution in [0.5, 0.6) is 0 Å². The minimum atomic E-state index is -0.929. The van der Waals surface area contributed by atoms with Gasteiger partial charge in [0.1, 0.15) is 5.76 Å². The molecular formula is C10H12O4. The quantitative estimate of drug-likeness (QED) is 0.790. The van der Waals surface area contributed by atoms with Crippen LogP contribution in [0.3, 0.4) is 0 Å². The first-order chi connectivity index (χ1) is 6.70. The first kappa shape index (κ1) is 9.27. The van der Waals surface area contributed by atoms with Crippen molar-refractivity contribution in [2.75, 3.05) is 7.11 Å². The van der Waals surface area contributed by atoms with Gasteiger partial charge in [-0.25, -0.2) is 4.79 Å². The average molecular weight is 196 g/mol. The molecular weight excluding hydrogens is 184 g/mol. The van der Waals surface area contributed by atoms with E-state index in [-0.39, 0.29) is 0 Å². The maximum atomic E-state index is 10.9. The Morgan fingerprint density at radius 3 is 2.79 bits per heavy atom. The van der Waals surface area contributed by atoms with Crippen LogP contribution in [0.4, 0.5) is 0 Å². The van der Waals surface area contributed by atoms with E-state index in [1.807, 2.05) is 6.07 Å². The molecule has 2 rings (SSSR count). The summed E-state index contributed by atoms with van der Waals surface area (Å²) in [5, 5.41) is 8.98. The third kappa shape index (κ3) is 1.23. The lowest BCUT2D eigenvalue weighted by molar-refractivity contribution is -0.151. The number of hydrogen-bond acceptors (Lipinski definition) is 3. The van der Waals surface area contributed by atoms with E-state index in [1.54, 1.807) is 12.3 Å². The van der Waals surface area contributed by atoms with Crippen molar-refractivity contribution in [2.45, 2.75) is 24.4 Å². The van der Waals surface area contributed by atoms with Crippen LogP contribution >= 0.6 is 0 Å². The van der Waals surface area contributed by atoms with Gasteiger partial charge in [0.15, 0.2) is 6.10 Å². The summed E-state index contributed by atoms with van der Waals surface area (Å²) in [5.41, 5.74) is -0.427. The molecule has 4 nitrogen and oxygen atoms in total. The Labute approximate surface area is 81.5 Å². The second kappa shape index (κ2) is 3.13. The van der Waals surface area contributed by atoms with Crippen LogP contribution in [-0.4, -0.2) is 24.3 Å². The predicted molar refractivity (Wildman–Crippen MR) is 48.1 cm³/mol. The molecule has 0 aromatic carbocycles. The van der Waals surface area contributed by atoms with Gasteiger partial charge < -0.3 is 14.3 Å². The Balaban J connectivity index is 2.28. The van der Waals surface area contributed by atoms with Gasteiger partial charge in [-0.05, 0) is 25.0 Å². The van der Waals surface area contributed by atoms with E-state index in [0.29, 0.717) is 5.76 Å². The maximum absolute atomic E-state index is 10.9. The molecule has 1 unspecified atom stereocenters. The van der Waals surface area contributed by atoms with Gasteiger partial charge in [-0.1, -0.05) is 0 Å². The van der Waals surface area contributed by atoms with Gasteiger partial charge in [-0.3, -0.25) is 0 Å². The summed E-state index contributed by atoms with van der Waals surface area (Å²) in [6, 6.07) is 3.58. The van der Waals surface area contributed by atoms with Gasteiger partial charge in [-0.2, -0.15) is 0 Å². The Morgan fingerprint density at radius 1 is 1.71 bits per heavy atom. The molecule has 1 aromatic heterocycles. The zero-order chi connectivity index (χ0) is 10.2. The normalized spacial score (nSPS) is 20.4. The van der Waals surface area contributed by atoms with Crippen LogP contribution in [0.25, 0.3) is 0 Å². The maximum Gasteiger partial charge on any atom is 0.333 e. The van der Waals surface area contributed by atoms with E-state index in [4.69, 9.17) is 14.3 Å². The van der Waals surface area contributed by atoms with E-state index in [1.165, 1.54) is 7.11 Å². The van der Waals surface area contributed by atoms with Gasteiger partial charge in [-0.15, -0.1) is 0 Å². The van der Waals surface area contributed by atoms with Crippen LogP contribution in [0.2, 0.25) is 0 Å². The molecule has 14 heavy (non-hydrogen) atoms. The molecule has 0 spiro atoms. The zero-order valence-electron chi connectivity index (χ0n) is 7.90. The molecule has 0 aliphatic heterocycles. The smallest absolute Gasteiger partial charge is 0.333 e. The lowest BCUT2D eigenvalue weighted by Crippen LogP contribution is -2.35. The number of hydrogen-bond donors (Lipinski definition) is 1. The van der Waals surface area contributed by atoms with Gasteiger partial charge in [0.25, 0.3) is 0 Å². The molecule has 1 atom stereocenters. The lowest BCUT2D eigenvalue weighted by Gasteiger charge is -2.19. The molecule has 1 fully saturated rings. The first-order valence-electron chi connectivity index (χ1n) is 4.50. The minimum absolute atomic E-state index is 0.427. The Kier molecular flexibility index (Phi) is 2.07. The molecule has 0 bridgehead atoms. The molecule has 1 heterocycles. The zero-order valence-corrected chi connectivity index (χ0v) is 7.90. The lowest BCUT2D eigenvalue weighted by atomic mass is 9.96. The van der Waals surface area contributed by atoms with Crippen molar-refractivity contribution in [2.24, 2.45) is 0 Å². The fourth-order valence-electron chi connectivity index (χ4n) is 1.90. The monoisotopic (exact) mass is 196 g/mol. The number of rotatable bonds is 4. The summed E-state index contributed by atoms with van der Waals surface area (Å²) in [6.45, 7) is 0. The first-order valence-corrected chi connectivity index (χ1v) is 4.50. The van der Waals surface area contributed by atoms with Crippen molar-refractivity contribution in [3.05, 3.63) is 24.2 Å². The summed E-state index contributed by atoms with van der Waals surface area (Å²) in [7, 11) is 1.42. The summed E-state index contributed by atoms with van der Waals surface area (Å²) in [5.74, 6) is -0.215. The van der Waals surface area contributed by atoms with Crippen LogP contribution in [0.15, 0.2) is 22.8 Å². The molecule has 1 aromatic rings. The predicted octanol–water partition coefficient (Wildman–Crippen LogP) is 1.41. The molecule has 0 saturated heterocycles. The van der Waals surface area contributed by atoms with Gasteiger partial charge in [0, 0.05) is 7.11 Å². The van der Waals surface area contributed by atoms with Gasteiger partial charge in [0.2, 0.25) is 0 Å². The highest BCUT2D eigenvalue weighted by molar-refractivity contribution is 5.75. The number of carboxylic acids is 1. The van der Waals surface area contributed by atoms with Gasteiger partial charge >= 0.3 is 5.97 Å². The standard InChI is InChI=1S/C10H12O4/c1-13-8(9(11)12)10(4-5-10)7-3-2-6-14-7/h2-3,6,8H,4-5H2,1H3,(H,11,12). The number of ether oxygens (including phenoxy) is 1.